The van der Waals surface area contributed by atoms with Crippen LogP contribution in [0.3, 0.4) is 0 Å². The third kappa shape index (κ3) is 5.29. The zero-order chi connectivity index (χ0) is 26.6. The molecular formula is C25H29F3N2O6. The standard InChI is InChI=1S/C25H29F3N2O6/c1-6-36-24(32)30-15(2)11-19(17-12-21(33-3)22(34-4)13-20(17)30)29(23(31)35-5)14-16-9-7-8-10-18(16)25(26,27)28/h7-10,12-13,15,19H,6,11,14H2,1-5H3/t15-,19+/m1/s1. The molecule has 0 aliphatic carbocycles. The fourth-order valence-electron chi connectivity index (χ4n) is 4.46. The van der Waals surface area contributed by atoms with E-state index in [2.05, 4.69) is 0 Å². The van der Waals surface area contributed by atoms with Crippen LogP contribution in [-0.4, -0.2) is 51.1 Å². The van der Waals surface area contributed by atoms with Gasteiger partial charge in [-0.15, -0.1) is 0 Å². The fraction of sp³-hybridized carbons (Fsp3) is 0.440. The van der Waals surface area contributed by atoms with E-state index < -0.39 is 36.0 Å². The van der Waals surface area contributed by atoms with E-state index in [1.165, 1.54) is 42.2 Å². The van der Waals surface area contributed by atoms with Crippen LogP contribution in [0.25, 0.3) is 0 Å². The Morgan fingerprint density at radius 1 is 1.08 bits per heavy atom. The van der Waals surface area contributed by atoms with E-state index in [1.54, 1.807) is 26.0 Å². The average molecular weight is 511 g/mol. The van der Waals surface area contributed by atoms with Crippen molar-refractivity contribution in [2.24, 2.45) is 0 Å². The van der Waals surface area contributed by atoms with Gasteiger partial charge in [0.25, 0.3) is 0 Å². The first-order chi connectivity index (χ1) is 17.1. The number of alkyl halides is 3. The summed E-state index contributed by atoms with van der Waals surface area (Å²) in [5, 5.41) is 0. The van der Waals surface area contributed by atoms with Crippen LogP contribution in [0.2, 0.25) is 0 Å². The van der Waals surface area contributed by atoms with E-state index in [4.69, 9.17) is 18.9 Å². The fourth-order valence-corrected chi connectivity index (χ4v) is 4.46. The summed E-state index contributed by atoms with van der Waals surface area (Å²) >= 11 is 0. The third-order valence-corrected chi connectivity index (χ3v) is 6.07. The molecule has 196 valence electrons. The topological polar surface area (TPSA) is 77.5 Å². The van der Waals surface area contributed by atoms with Gasteiger partial charge in [-0.25, -0.2) is 9.59 Å². The van der Waals surface area contributed by atoms with Gasteiger partial charge in [0.05, 0.1) is 51.8 Å². The van der Waals surface area contributed by atoms with Crippen LogP contribution >= 0.6 is 0 Å². The molecule has 11 heteroatoms. The summed E-state index contributed by atoms with van der Waals surface area (Å²) in [6.07, 6.45) is -5.80. The molecule has 0 aromatic heterocycles. The maximum Gasteiger partial charge on any atom is 0.416 e. The molecule has 1 aliphatic heterocycles. The summed E-state index contributed by atoms with van der Waals surface area (Å²) in [6.45, 7) is 3.23. The van der Waals surface area contributed by atoms with Gasteiger partial charge in [-0.2, -0.15) is 13.2 Å². The van der Waals surface area contributed by atoms with E-state index in [9.17, 15) is 22.8 Å². The number of amides is 2. The molecule has 2 aromatic rings. The zero-order valence-corrected chi connectivity index (χ0v) is 20.7. The molecule has 3 rings (SSSR count). The van der Waals surface area contributed by atoms with Crippen molar-refractivity contribution >= 4 is 17.9 Å². The van der Waals surface area contributed by atoms with Gasteiger partial charge in [0.1, 0.15) is 0 Å². The molecule has 0 spiro atoms. The number of halogens is 3. The van der Waals surface area contributed by atoms with Crippen LogP contribution in [0.15, 0.2) is 36.4 Å². The first kappa shape index (κ1) is 27.0. The smallest absolute Gasteiger partial charge is 0.416 e. The number of fused-ring (bicyclic) bond motifs is 1. The summed E-state index contributed by atoms with van der Waals surface area (Å²) < 4.78 is 62.1. The number of rotatable bonds is 6. The zero-order valence-electron chi connectivity index (χ0n) is 20.7. The number of carbonyl (C=O) groups excluding carboxylic acids is 2. The highest BCUT2D eigenvalue weighted by Gasteiger charge is 2.41. The molecule has 0 fully saturated rings. The number of hydrogen-bond donors (Lipinski definition) is 0. The Balaban J connectivity index is 2.18. The van der Waals surface area contributed by atoms with E-state index >= 15 is 0 Å². The molecule has 0 saturated heterocycles. The number of anilines is 1. The van der Waals surface area contributed by atoms with Gasteiger partial charge in [0.2, 0.25) is 0 Å². The lowest BCUT2D eigenvalue weighted by atomic mass is 9.90. The Morgan fingerprint density at radius 2 is 1.72 bits per heavy atom. The number of carbonyl (C=O) groups is 2. The maximum absolute atomic E-state index is 13.7. The molecule has 36 heavy (non-hydrogen) atoms. The van der Waals surface area contributed by atoms with Gasteiger partial charge in [-0.3, -0.25) is 9.80 Å². The van der Waals surface area contributed by atoms with Crippen molar-refractivity contribution in [2.45, 2.75) is 45.1 Å². The molecule has 8 nitrogen and oxygen atoms in total. The molecule has 0 radical (unpaired) electrons. The summed E-state index contributed by atoms with van der Waals surface area (Å²) in [5.41, 5.74) is -0.0529. The summed E-state index contributed by atoms with van der Waals surface area (Å²) in [7, 11) is 4.04. The van der Waals surface area contributed by atoms with E-state index in [1.807, 2.05) is 0 Å². The minimum Gasteiger partial charge on any atom is -0.493 e. The van der Waals surface area contributed by atoms with Crippen molar-refractivity contribution in [1.82, 2.24) is 4.90 Å². The van der Waals surface area contributed by atoms with Crippen molar-refractivity contribution in [1.29, 1.82) is 0 Å². The Bertz CT molecular complexity index is 1110. The Hall–Kier alpha value is -3.63. The molecule has 0 N–H and O–H groups in total. The Kier molecular flexibility index (Phi) is 8.21. The molecular weight excluding hydrogens is 481 g/mol. The lowest BCUT2D eigenvalue weighted by Gasteiger charge is -2.42. The van der Waals surface area contributed by atoms with Gasteiger partial charge in [0.15, 0.2) is 11.5 Å². The van der Waals surface area contributed by atoms with Crippen molar-refractivity contribution in [3.05, 3.63) is 53.1 Å². The molecule has 1 heterocycles. The number of benzene rings is 2. The lowest BCUT2D eigenvalue weighted by molar-refractivity contribution is -0.138. The number of ether oxygens (including phenoxy) is 4. The molecule has 0 saturated carbocycles. The van der Waals surface area contributed by atoms with E-state index in [-0.39, 0.29) is 25.1 Å². The highest BCUT2D eigenvalue weighted by atomic mass is 19.4. The van der Waals surface area contributed by atoms with Crippen molar-refractivity contribution in [3.8, 4) is 11.5 Å². The van der Waals surface area contributed by atoms with Gasteiger partial charge in [0, 0.05) is 17.7 Å². The van der Waals surface area contributed by atoms with Crippen molar-refractivity contribution in [2.75, 3.05) is 32.8 Å². The highest BCUT2D eigenvalue weighted by molar-refractivity contribution is 5.91. The second kappa shape index (κ2) is 11.0. The molecule has 1 aliphatic rings. The number of nitrogens with zero attached hydrogens (tertiary/aromatic N) is 2. The van der Waals surface area contributed by atoms with E-state index in [0.717, 1.165) is 13.2 Å². The van der Waals surface area contributed by atoms with Crippen LogP contribution in [0.5, 0.6) is 11.5 Å². The Morgan fingerprint density at radius 3 is 2.31 bits per heavy atom. The molecule has 0 bridgehead atoms. The van der Waals surface area contributed by atoms with Crippen LogP contribution in [-0.2, 0) is 22.2 Å². The van der Waals surface area contributed by atoms with Crippen LogP contribution in [0.4, 0.5) is 28.4 Å². The molecule has 2 atom stereocenters. The molecule has 2 aromatic carbocycles. The van der Waals surface area contributed by atoms with E-state index in [0.29, 0.717) is 22.7 Å². The lowest BCUT2D eigenvalue weighted by Crippen LogP contribution is -2.47. The first-order valence-corrected chi connectivity index (χ1v) is 11.3. The first-order valence-electron chi connectivity index (χ1n) is 11.3. The summed E-state index contributed by atoms with van der Waals surface area (Å²) in [6, 6.07) is 7.06. The predicted octanol–water partition coefficient (Wildman–Crippen LogP) is 5.79. The third-order valence-electron chi connectivity index (χ3n) is 6.07. The van der Waals surface area contributed by atoms with Crippen molar-refractivity contribution < 1.29 is 41.7 Å². The number of methoxy groups -OCH3 is 3. The minimum absolute atomic E-state index is 0.0853. The van der Waals surface area contributed by atoms with Gasteiger partial charge < -0.3 is 18.9 Å². The van der Waals surface area contributed by atoms with Gasteiger partial charge in [-0.1, -0.05) is 18.2 Å². The summed E-state index contributed by atoms with van der Waals surface area (Å²) in [5.74, 6) is 0.672. The average Bonchev–Trinajstić information content (AvgIpc) is 2.85. The Labute approximate surface area is 207 Å². The quantitative estimate of drug-likeness (QED) is 0.490. The van der Waals surface area contributed by atoms with Crippen LogP contribution in [0.1, 0.15) is 43.0 Å². The second-order valence-electron chi connectivity index (χ2n) is 8.19. The largest absolute Gasteiger partial charge is 0.493 e. The van der Waals surface area contributed by atoms with Gasteiger partial charge >= 0.3 is 18.4 Å². The maximum atomic E-state index is 13.7. The predicted molar refractivity (Wildman–Crippen MR) is 125 cm³/mol. The SMILES string of the molecule is CCOC(=O)N1c2cc(OC)c(OC)cc2[C@@H](N(Cc2ccccc2C(F)(F)F)C(=O)OC)C[C@H]1C. The number of hydrogen-bond acceptors (Lipinski definition) is 6. The molecule has 0 unspecified atom stereocenters. The summed E-state index contributed by atoms with van der Waals surface area (Å²) in [4.78, 5) is 28.5. The van der Waals surface area contributed by atoms with Crippen molar-refractivity contribution in [3.63, 3.8) is 0 Å². The van der Waals surface area contributed by atoms with Crippen LogP contribution in [0, 0.1) is 0 Å². The highest BCUT2D eigenvalue weighted by Crippen LogP contribution is 2.47. The molecule has 2 amide bonds. The normalized spacial score (nSPS) is 17.2. The van der Waals surface area contributed by atoms with Crippen LogP contribution < -0.4 is 14.4 Å². The monoisotopic (exact) mass is 510 g/mol. The van der Waals surface area contributed by atoms with Gasteiger partial charge in [-0.05, 0) is 38.0 Å². The minimum atomic E-state index is -4.60. The second-order valence-corrected chi connectivity index (χ2v) is 8.19.